The third-order valence-electron chi connectivity index (χ3n) is 2.47. The smallest absolute Gasteiger partial charge is 0.338 e. The second-order valence-electron chi connectivity index (χ2n) is 3.68. The molecule has 6 heteroatoms. The zero-order valence-corrected chi connectivity index (χ0v) is 9.43. The molecule has 19 heavy (non-hydrogen) atoms. The maximum absolute atomic E-state index is 13.5. The summed E-state index contributed by atoms with van der Waals surface area (Å²) in [4.78, 5) is 26.6. The summed E-state index contributed by atoms with van der Waals surface area (Å²) in [5, 5.41) is 8.93. The highest BCUT2D eigenvalue weighted by atomic mass is 19.1. The lowest BCUT2D eigenvalue weighted by molar-refractivity contribution is 0.0692. The van der Waals surface area contributed by atoms with E-state index in [9.17, 15) is 18.4 Å². The van der Waals surface area contributed by atoms with Gasteiger partial charge in [-0.05, 0) is 24.3 Å². The van der Waals surface area contributed by atoms with Crippen molar-refractivity contribution >= 4 is 11.8 Å². The molecule has 1 aromatic carbocycles. The molecular formula is C13H7F2NO3. The van der Waals surface area contributed by atoms with E-state index in [4.69, 9.17) is 5.11 Å². The fraction of sp³-hybridized carbons (Fsp3) is 0. The van der Waals surface area contributed by atoms with Crippen molar-refractivity contribution in [2.75, 3.05) is 0 Å². The summed E-state index contributed by atoms with van der Waals surface area (Å²) in [6, 6.07) is 3.56. The molecule has 0 aliphatic rings. The van der Waals surface area contributed by atoms with Gasteiger partial charge in [-0.1, -0.05) is 0 Å². The number of halogens is 2. The molecule has 1 heterocycles. The van der Waals surface area contributed by atoms with Crippen LogP contribution in [0.2, 0.25) is 0 Å². The molecule has 1 N–H and O–H groups in total. The van der Waals surface area contributed by atoms with Crippen molar-refractivity contribution < 1.29 is 23.5 Å². The van der Waals surface area contributed by atoms with E-state index >= 15 is 0 Å². The number of nitrogens with zero attached hydrogens (tertiary/aromatic N) is 1. The molecule has 4 nitrogen and oxygen atoms in total. The Morgan fingerprint density at radius 3 is 2.47 bits per heavy atom. The molecule has 0 amide bonds. The molecule has 2 rings (SSSR count). The summed E-state index contributed by atoms with van der Waals surface area (Å²) in [5.41, 5.74) is -1.13. The van der Waals surface area contributed by atoms with Crippen LogP contribution in [0.3, 0.4) is 0 Å². The largest absolute Gasteiger partial charge is 0.478 e. The van der Waals surface area contributed by atoms with E-state index in [1.54, 1.807) is 0 Å². The number of carboxylic acid groups (broad SMARTS) is 1. The number of carboxylic acids is 1. The molecular weight excluding hydrogens is 256 g/mol. The second-order valence-corrected chi connectivity index (χ2v) is 3.68. The number of carbonyl (C=O) groups is 2. The van der Waals surface area contributed by atoms with Crippen molar-refractivity contribution in [1.29, 1.82) is 0 Å². The van der Waals surface area contributed by atoms with E-state index in [2.05, 4.69) is 4.98 Å². The molecule has 0 spiro atoms. The Bertz CT molecular complexity index is 671. The third-order valence-corrected chi connectivity index (χ3v) is 2.47. The van der Waals surface area contributed by atoms with Crippen molar-refractivity contribution in [2.45, 2.75) is 0 Å². The lowest BCUT2D eigenvalue weighted by Crippen LogP contribution is -2.11. The Kier molecular flexibility index (Phi) is 3.33. The number of hydrogen-bond acceptors (Lipinski definition) is 3. The third kappa shape index (κ3) is 2.47. The second kappa shape index (κ2) is 4.93. The molecule has 0 saturated heterocycles. The zero-order valence-electron chi connectivity index (χ0n) is 9.43. The molecule has 0 aliphatic carbocycles. The van der Waals surface area contributed by atoms with Crippen LogP contribution in [-0.4, -0.2) is 21.8 Å². The first-order valence-corrected chi connectivity index (χ1v) is 5.17. The van der Waals surface area contributed by atoms with Gasteiger partial charge in [0.15, 0.2) is 5.78 Å². The van der Waals surface area contributed by atoms with Gasteiger partial charge in [-0.25, -0.2) is 13.6 Å². The quantitative estimate of drug-likeness (QED) is 0.863. The Labute approximate surface area is 106 Å². The SMILES string of the molecule is O=C(O)c1cnccc1C(=O)c1cc(F)ccc1F. The van der Waals surface area contributed by atoms with Gasteiger partial charge in [0.25, 0.3) is 0 Å². The van der Waals surface area contributed by atoms with Crippen molar-refractivity contribution in [2.24, 2.45) is 0 Å². The van der Waals surface area contributed by atoms with Crippen LogP contribution in [0.15, 0.2) is 36.7 Å². The molecule has 96 valence electrons. The topological polar surface area (TPSA) is 67.3 Å². The van der Waals surface area contributed by atoms with Gasteiger partial charge in [0, 0.05) is 18.0 Å². The van der Waals surface area contributed by atoms with Gasteiger partial charge >= 0.3 is 5.97 Å². The molecule has 0 atom stereocenters. The predicted molar refractivity (Wildman–Crippen MR) is 61.0 cm³/mol. The van der Waals surface area contributed by atoms with Gasteiger partial charge in [0.1, 0.15) is 11.6 Å². The Balaban J connectivity index is 2.56. The van der Waals surface area contributed by atoms with Crippen molar-refractivity contribution in [3.05, 3.63) is 65.0 Å². The number of aromatic carboxylic acids is 1. The van der Waals surface area contributed by atoms with Crippen LogP contribution in [0.4, 0.5) is 8.78 Å². The molecule has 1 aromatic heterocycles. The first-order chi connectivity index (χ1) is 9.00. The van der Waals surface area contributed by atoms with Crippen molar-refractivity contribution in [1.82, 2.24) is 4.98 Å². The summed E-state index contributed by atoms with van der Waals surface area (Å²) in [5.74, 6) is -3.97. The number of pyridine rings is 1. The molecule has 0 radical (unpaired) electrons. The highest BCUT2D eigenvalue weighted by Crippen LogP contribution is 2.17. The number of rotatable bonds is 3. The lowest BCUT2D eigenvalue weighted by atomic mass is 9.99. The Morgan fingerprint density at radius 1 is 1.05 bits per heavy atom. The van der Waals surface area contributed by atoms with E-state index in [-0.39, 0.29) is 11.1 Å². The average molecular weight is 263 g/mol. The summed E-state index contributed by atoms with van der Waals surface area (Å²) in [6.45, 7) is 0. The fourth-order valence-electron chi connectivity index (χ4n) is 1.58. The van der Waals surface area contributed by atoms with Gasteiger partial charge in [0.05, 0.1) is 11.1 Å². The van der Waals surface area contributed by atoms with Crippen LogP contribution >= 0.6 is 0 Å². The van der Waals surface area contributed by atoms with E-state index in [0.717, 1.165) is 30.5 Å². The first kappa shape index (κ1) is 12.8. The maximum atomic E-state index is 13.5. The van der Waals surface area contributed by atoms with E-state index in [1.807, 2.05) is 0 Å². The molecule has 0 bridgehead atoms. The minimum Gasteiger partial charge on any atom is -0.478 e. The highest BCUT2D eigenvalue weighted by Gasteiger charge is 2.20. The summed E-state index contributed by atoms with van der Waals surface area (Å²) >= 11 is 0. The number of benzene rings is 1. The van der Waals surface area contributed by atoms with E-state index in [0.29, 0.717) is 0 Å². The van der Waals surface area contributed by atoms with E-state index < -0.39 is 29.0 Å². The number of hydrogen-bond donors (Lipinski definition) is 1. The monoisotopic (exact) mass is 263 g/mol. The van der Waals surface area contributed by atoms with Gasteiger partial charge < -0.3 is 5.11 Å². The molecule has 0 aliphatic heterocycles. The lowest BCUT2D eigenvalue weighted by Gasteiger charge is -2.05. The highest BCUT2D eigenvalue weighted by molar-refractivity contribution is 6.14. The van der Waals surface area contributed by atoms with Crippen LogP contribution in [0.5, 0.6) is 0 Å². The van der Waals surface area contributed by atoms with Gasteiger partial charge in [-0.3, -0.25) is 9.78 Å². The van der Waals surface area contributed by atoms with Crippen molar-refractivity contribution in [3.8, 4) is 0 Å². The number of ketones is 1. The Morgan fingerprint density at radius 2 is 1.79 bits per heavy atom. The zero-order chi connectivity index (χ0) is 14.0. The average Bonchev–Trinajstić information content (AvgIpc) is 2.40. The van der Waals surface area contributed by atoms with Gasteiger partial charge in [-0.15, -0.1) is 0 Å². The fourth-order valence-corrected chi connectivity index (χ4v) is 1.58. The minimum atomic E-state index is -1.37. The van der Waals surface area contributed by atoms with E-state index in [1.165, 1.54) is 6.20 Å². The predicted octanol–water partition coefficient (Wildman–Crippen LogP) is 2.29. The van der Waals surface area contributed by atoms with Crippen LogP contribution in [-0.2, 0) is 0 Å². The van der Waals surface area contributed by atoms with Crippen molar-refractivity contribution in [3.63, 3.8) is 0 Å². The number of aromatic nitrogens is 1. The molecule has 2 aromatic rings. The van der Waals surface area contributed by atoms with Crippen LogP contribution in [0, 0.1) is 11.6 Å². The molecule has 0 unspecified atom stereocenters. The molecule has 0 fully saturated rings. The number of carbonyl (C=O) groups excluding carboxylic acids is 1. The maximum Gasteiger partial charge on any atom is 0.338 e. The normalized spacial score (nSPS) is 10.2. The summed E-state index contributed by atoms with van der Waals surface area (Å²) in [7, 11) is 0. The van der Waals surface area contributed by atoms with Gasteiger partial charge in [-0.2, -0.15) is 0 Å². The standard InChI is InChI=1S/C13H7F2NO3/c14-7-1-2-11(15)9(5-7)12(17)8-3-4-16-6-10(8)13(18)19/h1-6H,(H,18,19). The van der Waals surface area contributed by atoms with Gasteiger partial charge in [0.2, 0.25) is 0 Å². The summed E-state index contributed by atoms with van der Waals surface area (Å²) < 4.78 is 26.5. The van der Waals surface area contributed by atoms with Crippen LogP contribution in [0.25, 0.3) is 0 Å². The molecule has 0 saturated carbocycles. The van der Waals surface area contributed by atoms with Crippen LogP contribution in [0.1, 0.15) is 26.3 Å². The van der Waals surface area contributed by atoms with Crippen LogP contribution < -0.4 is 0 Å². The Hall–Kier alpha value is -2.63. The first-order valence-electron chi connectivity index (χ1n) is 5.17. The minimum absolute atomic E-state index is 0.244. The summed E-state index contributed by atoms with van der Waals surface area (Å²) in [6.07, 6.45) is 2.18.